The molecule has 0 radical (unpaired) electrons. The number of hydrogen-bond acceptors (Lipinski definition) is 6. The Labute approximate surface area is 200 Å². The van der Waals surface area contributed by atoms with E-state index in [-0.39, 0.29) is 0 Å². The maximum atomic E-state index is 13.7. The van der Waals surface area contributed by atoms with Gasteiger partial charge in [-0.25, -0.2) is 14.3 Å². The quantitative estimate of drug-likeness (QED) is 0.414. The van der Waals surface area contributed by atoms with Gasteiger partial charge in [0.25, 0.3) is 5.56 Å². The highest BCUT2D eigenvalue weighted by molar-refractivity contribution is 7.22. The maximum Gasteiger partial charge on any atom is 0.333 e. The summed E-state index contributed by atoms with van der Waals surface area (Å²) in [5.41, 5.74) is 6.04. The van der Waals surface area contributed by atoms with Crippen molar-refractivity contribution < 1.29 is 9.21 Å². The molecule has 0 spiro atoms. The van der Waals surface area contributed by atoms with Crippen LogP contribution >= 0.6 is 11.3 Å². The van der Waals surface area contributed by atoms with E-state index in [4.69, 9.17) is 10.2 Å². The second-order valence-electron chi connectivity index (χ2n) is 8.84. The van der Waals surface area contributed by atoms with E-state index in [0.717, 1.165) is 23.0 Å². The van der Waals surface area contributed by atoms with E-state index in [9.17, 15) is 14.4 Å². The number of primary amides is 1. The van der Waals surface area contributed by atoms with Crippen molar-refractivity contribution >= 4 is 27.5 Å². The van der Waals surface area contributed by atoms with Gasteiger partial charge in [0.15, 0.2) is 0 Å². The number of hydrogen-bond donors (Lipinski definition) is 1. The molecular weight excluding hydrogens is 452 g/mol. The number of nitrogens with two attached hydrogens (primary N) is 1. The van der Waals surface area contributed by atoms with Crippen LogP contribution in [-0.2, 0) is 29.7 Å². The summed E-state index contributed by atoms with van der Waals surface area (Å²) in [4.78, 5) is 44.9. The lowest BCUT2D eigenvalue weighted by molar-refractivity contribution is -0.125. The standard InChI is InChI=1S/C25H28N4O4S/c1-5-8-16-9-6-7-10-17(16)11-13-28-22-18(15(2)19(34-22)20-27-12-14-33-20)21(30)29(24(28)32)25(3,4)23(26)31/h6-7,9-10,12,14H,5,8,11,13H2,1-4H3,(H2,26,31). The summed E-state index contributed by atoms with van der Waals surface area (Å²) in [6.07, 6.45) is 5.56. The summed E-state index contributed by atoms with van der Waals surface area (Å²) in [7, 11) is 0. The van der Waals surface area contributed by atoms with Gasteiger partial charge in [0.05, 0.1) is 16.5 Å². The molecule has 0 aliphatic rings. The molecule has 0 unspecified atom stereocenters. The van der Waals surface area contributed by atoms with E-state index >= 15 is 0 Å². The normalized spacial score (nSPS) is 11.9. The number of fused-ring (bicyclic) bond motifs is 1. The number of benzene rings is 1. The minimum absolute atomic E-state index is 0.343. The first kappa shape index (κ1) is 23.7. The van der Waals surface area contributed by atoms with Gasteiger partial charge in [-0.05, 0) is 50.3 Å². The zero-order valence-corrected chi connectivity index (χ0v) is 20.6. The average Bonchev–Trinajstić information content (AvgIpc) is 3.43. The van der Waals surface area contributed by atoms with E-state index in [2.05, 4.69) is 24.0 Å². The van der Waals surface area contributed by atoms with Crippen molar-refractivity contribution in [2.24, 2.45) is 5.73 Å². The highest BCUT2D eigenvalue weighted by atomic mass is 32.1. The topological polar surface area (TPSA) is 113 Å². The fourth-order valence-electron chi connectivity index (χ4n) is 4.23. The van der Waals surface area contributed by atoms with Crippen molar-refractivity contribution in [1.82, 2.24) is 14.1 Å². The minimum atomic E-state index is -1.50. The highest BCUT2D eigenvalue weighted by Crippen LogP contribution is 2.35. The summed E-state index contributed by atoms with van der Waals surface area (Å²) in [6.45, 7) is 7.25. The Balaban J connectivity index is 1.96. The molecule has 1 amide bonds. The SMILES string of the molecule is CCCc1ccccc1CCn1c(=O)n(C(C)(C)C(N)=O)c(=O)c2c(C)c(-c3ncco3)sc21. The lowest BCUT2D eigenvalue weighted by atomic mass is 10.0. The molecule has 0 fully saturated rings. The summed E-state index contributed by atoms with van der Waals surface area (Å²) < 4.78 is 8.04. The Morgan fingerprint density at radius 3 is 2.44 bits per heavy atom. The second-order valence-corrected chi connectivity index (χ2v) is 9.84. The van der Waals surface area contributed by atoms with Gasteiger partial charge < -0.3 is 10.2 Å². The van der Waals surface area contributed by atoms with Crippen molar-refractivity contribution in [2.45, 2.75) is 59.0 Å². The molecular formula is C25H28N4O4S. The average molecular weight is 481 g/mol. The van der Waals surface area contributed by atoms with Crippen molar-refractivity contribution in [2.75, 3.05) is 0 Å². The molecule has 3 aromatic heterocycles. The number of carbonyl (C=O) groups is 1. The Hall–Kier alpha value is -3.46. The third kappa shape index (κ3) is 3.90. The third-order valence-electron chi connectivity index (χ3n) is 6.24. The molecule has 9 heteroatoms. The molecule has 1 aromatic carbocycles. The maximum absolute atomic E-state index is 13.7. The molecule has 0 bridgehead atoms. The van der Waals surface area contributed by atoms with Crippen LogP contribution in [0.5, 0.6) is 0 Å². The van der Waals surface area contributed by atoms with Gasteiger partial charge in [0.1, 0.15) is 16.6 Å². The lowest BCUT2D eigenvalue weighted by Crippen LogP contribution is -2.54. The summed E-state index contributed by atoms with van der Waals surface area (Å²) >= 11 is 1.29. The fourth-order valence-corrected chi connectivity index (χ4v) is 5.49. The first-order valence-electron chi connectivity index (χ1n) is 11.2. The molecule has 0 aliphatic heterocycles. The predicted molar refractivity (Wildman–Crippen MR) is 133 cm³/mol. The van der Waals surface area contributed by atoms with Crippen LogP contribution in [0.4, 0.5) is 0 Å². The number of nitrogens with zero attached hydrogens (tertiary/aromatic N) is 3. The van der Waals surface area contributed by atoms with E-state index in [0.29, 0.717) is 39.5 Å². The number of oxazole rings is 1. The van der Waals surface area contributed by atoms with Crippen LogP contribution in [0.3, 0.4) is 0 Å². The summed E-state index contributed by atoms with van der Waals surface area (Å²) in [5, 5.41) is 0.369. The number of amides is 1. The van der Waals surface area contributed by atoms with Gasteiger partial charge in [0, 0.05) is 6.54 Å². The van der Waals surface area contributed by atoms with Gasteiger partial charge in [-0.3, -0.25) is 14.2 Å². The number of aromatic nitrogens is 3. The van der Waals surface area contributed by atoms with Crippen molar-refractivity contribution in [3.8, 4) is 10.8 Å². The smallest absolute Gasteiger partial charge is 0.333 e. The van der Waals surface area contributed by atoms with Crippen LogP contribution in [0.15, 0.2) is 50.7 Å². The summed E-state index contributed by atoms with van der Waals surface area (Å²) in [6, 6.07) is 8.17. The van der Waals surface area contributed by atoms with Crippen LogP contribution in [0.1, 0.15) is 43.9 Å². The predicted octanol–water partition coefficient (Wildman–Crippen LogP) is 3.60. The Morgan fingerprint density at radius 2 is 1.85 bits per heavy atom. The van der Waals surface area contributed by atoms with Gasteiger partial charge in [-0.2, -0.15) is 0 Å². The second kappa shape index (κ2) is 9.06. The largest absolute Gasteiger partial charge is 0.444 e. The Bertz CT molecular complexity index is 1480. The van der Waals surface area contributed by atoms with E-state index in [1.807, 2.05) is 12.1 Å². The fraction of sp³-hybridized carbons (Fsp3) is 0.360. The van der Waals surface area contributed by atoms with Gasteiger partial charge in [0.2, 0.25) is 11.8 Å². The lowest BCUT2D eigenvalue weighted by Gasteiger charge is -2.24. The van der Waals surface area contributed by atoms with Crippen LogP contribution < -0.4 is 17.0 Å². The molecule has 3 heterocycles. The molecule has 4 aromatic rings. The Morgan fingerprint density at radius 1 is 1.18 bits per heavy atom. The van der Waals surface area contributed by atoms with E-state index in [1.165, 1.54) is 43.2 Å². The minimum Gasteiger partial charge on any atom is -0.444 e. The molecule has 2 N–H and O–H groups in total. The van der Waals surface area contributed by atoms with Crippen molar-refractivity contribution in [1.29, 1.82) is 0 Å². The molecule has 0 saturated heterocycles. The first-order chi connectivity index (χ1) is 16.2. The molecule has 0 aliphatic carbocycles. The van der Waals surface area contributed by atoms with Gasteiger partial charge >= 0.3 is 5.69 Å². The summed E-state index contributed by atoms with van der Waals surface area (Å²) in [5.74, 6) is -0.377. The zero-order valence-electron chi connectivity index (χ0n) is 19.8. The van der Waals surface area contributed by atoms with E-state index in [1.54, 1.807) is 11.5 Å². The molecule has 34 heavy (non-hydrogen) atoms. The van der Waals surface area contributed by atoms with Crippen LogP contribution in [-0.4, -0.2) is 20.0 Å². The number of carbonyl (C=O) groups excluding carboxylic acids is 1. The molecule has 8 nitrogen and oxygen atoms in total. The van der Waals surface area contributed by atoms with Crippen molar-refractivity contribution in [3.63, 3.8) is 0 Å². The molecule has 178 valence electrons. The Kier molecular flexibility index (Phi) is 6.31. The van der Waals surface area contributed by atoms with Crippen LogP contribution in [0, 0.1) is 6.92 Å². The molecule has 0 saturated carbocycles. The molecule has 0 atom stereocenters. The van der Waals surface area contributed by atoms with E-state index < -0.39 is 22.7 Å². The highest BCUT2D eigenvalue weighted by Gasteiger charge is 2.34. The number of thiophene rings is 1. The number of rotatable bonds is 8. The zero-order chi connectivity index (χ0) is 24.6. The van der Waals surface area contributed by atoms with Crippen LogP contribution in [0.25, 0.3) is 21.0 Å². The monoisotopic (exact) mass is 480 g/mol. The number of aryl methyl sites for hydroxylation is 4. The van der Waals surface area contributed by atoms with Crippen molar-refractivity contribution in [3.05, 3.63) is 74.3 Å². The first-order valence-corrected chi connectivity index (χ1v) is 12.1. The van der Waals surface area contributed by atoms with Crippen LogP contribution in [0.2, 0.25) is 0 Å². The molecule has 4 rings (SSSR count). The third-order valence-corrected chi connectivity index (χ3v) is 7.55. The van der Waals surface area contributed by atoms with Gasteiger partial charge in [-0.15, -0.1) is 11.3 Å². The van der Waals surface area contributed by atoms with Gasteiger partial charge in [-0.1, -0.05) is 37.6 Å².